The van der Waals surface area contributed by atoms with Crippen LogP contribution in [0.2, 0.25) is 10.0 Å². The van der Waals surface area contributed by atoms with Crippen LogP contribution in [0.5, 0.6) is 0 Å². The molecule has 0 saturated carbocycles. The maximum atomic E-state index is 11.4. The summed E-state index contributed by atoms with van der Waals surface area (Å²) in [7, 11) is 0. The van der Waals surface area contributed by atoms with Crippen LogP contribution in [0, 0.1) is 13.8 Å². The summed E-state index contributed by atoms with van der Waals surface area (Å²) in [5.41, 5.74) is 6.07. The van der Waals surface area contributed by atoms with Crippen LogP contribution < -0.4 is 5.56 Å². The van der Waals surface area contributed by atoms with Crippen LogP contribution in [-0.4, -0.2) is 14.5 Å². The lowest BCUT2D eigenvalue weighted by Gasteiger charge is -2.11. The number of nitrogens with zero attached hydrogens (tertiary/aromatic N) is 2. The molecule has 0 amide bonds. The van der Waals surface area contributed by atoms with Gasteiger partial charge >= 0.3 is 0 Å². The van der Waals surface area contributed by atoms with Gasteiger partial charge in [0.2, 0.25) is 5.56 Å². The van der Waals surface area contributed by atoms with Gasteiger partial charge in [-0.25, -0.2) is 4.98 Å². The summed E-state index contributed by atoms with van der Waals surface area (Å²) in [5, 5.41) is 1.06. The number of halogens is 2. The Labute approximate surface area is 166 Å². The maximum Gasteiger partial charge on any atom is 0.247 e. The molecule has 0 radical (unpaired) electrons. The molecule has 0 aliphatic rings. The molecule has 27 heavy (non-hydrogen) atoms. The molecule has 2 aromatic heterocycles. The topological polar surface area (TPSA) is 50.7 Å². The molecule has 0 aliphatic carbocycles. The Bertz CT molecular complexity index is 1200. The van der Waals surface area contributed by atoms with E-state index in [2.05, 4.69) is 35.5 Å². The predicted octanol–water partition coefficient (Wildman–Crippen LogP) is 5.36. The van der Waals surface area contributed by atoms with Gasteiger partial charge in [0.05, 0.1) is 21.1 Å². The molecule has 4 rings (SSSR count). The van der Waals surface area contributed by atoms with E-state index in [1.54, 1.807) is 18.3 Å². The summed E-state index contributed by atoms with van der Waals surface area (Å²) in [6, 6.07) is 13.1. The lowest BCUT2D eigenvalue weighted by molar-refractivity contribution is 0.833. The van der Waals surface area contributed by atoms with Crippen LogP contribution in [0.3, 0.4) is 0 Å². The largest absolute Gasteiger partial charge is 0.328 e. The van der Waals surface area contributed by atoms with Gasteiger partial charge in [-0.15, -0.1) is 0 Å². The zero-order chi connectivity index (χ0) is 19.1. The number of imidazole rings is 1. The van der Waals surface area contributed by atoms with Crippen molar-refractivity contribution in [1.82, 2.24) is 14.5 Å². The molecular weight excluding hydrogens is 381 g/mol. The van der Waals surface area contributed by atoms with Gasteiger partial charge in [-0.1, -0.05) is 29.3 Å². The Kier molecular flexibility index (Phi) is 4.54. The van der Waals surface area contributed by atoms with Crippen molar-refractivity contribution >= 4 is 34.2 Å². The summed E-state index contributed by atoms with van der Waals surface area (Å²) in [4.78, 5) is 19.0. The molecule has 0 saturated heterocycles. The first kappa shape index (κ1) is 17.8. The normalized spacial score (nSPS) is 11.3. The van der Waals surface area contributed by atoms with Crippen molar-refractivity contribution in [2.24, 2.45) is 0 Å². The van der Waals surface area contributed by atoms with E-state index >= 15 is 0 Å². The second kappa shape index (κ2) is 6.87. The number of aromatic nitrogens is 3. The van der Waals surface area contributed by atoms with Gasteiger partial charge < -0.3 is 9.55 Å². The summed E-state index contributed by atoms with van der Waals surface area (Å²) < 4.78 is 2.13. The summed E-state index contributed by atoms with van der Waals surface area (Å²) in [6.07, 6.45) is 1.69. The Morgan fingerprint density at radius 3 is 2.48 bits per heavy atom. The number of hydrogen-bond donors (Lipinski definition) is 1. The minimum atomic E-state index is -0.141. The highest BCUT2D eigenvalue weighted by molar-refractivity contribution is 6.42. The first-order valence-corrected chi connectivity index (χ1v) is 9.28. The molecule has 1 N–H and O–H groups in total. The van der Waals surface area contributed by atoms with Gasteiger partial charge in [-0.3, -0.25) is 4.79 Å². The first-order valence-electron chi connectivity index (χ1n) is 8.53. The number of H-pyrrole nitrogens is 1. The van der Waals surface area contributed by atoms with Crippen LogP contribution in [0.1, 0.15) is 16.7 Å². The molecule has 0 aliphatic heterocycles. The van der Waals surface area contributed by atoms with E-state index in [0.717, 1.165) is 28.0 Å². The third-order valence-electron chi connectivity index (χ3n) is 4.73. The van der Waals surface area contributed by atoms with Crippen molar-refractivity contribution in [2.75, 3.05) is 0 Å². The molecule has 4 aromatic rings. The number of hydrogen-bond acceptors (Lipinski definition) is 2. The van der Waals surface area contributed by atoms with Crippen LogP contribution in [0.4, 0.5) is 0 Å². The van der Waals surface area contributed by atoms with E-state index in [1.165, 1.54) is 17.2 Å². The number of aryl methyl sites for hydroxylation is 2. The van der Waals surface area contributed by atoms with E-state index in [-0.39, 0.29) is 5.56 Å². The van der Waals surface area contributed by atoms with E-state index in [1.807, 2.05) is 12.1 Å². The van der Waals surface area contributed by atoms with Crippen molar-refractivity contribution < 1.29 is 0 Å². The van der Waals surface area contributed by atoms with Gasteiger partial charge in [0.1, 0.15) is 5.82 Å². The lowest BCUT2D eigenvalue weighted by Crippen LogP contribution is -2.05. The molecular formula is C21H17Cl2N3O. The third kappa shape index (κ3) is 3.38. The Balaban J connectivity index is 1.93. The molecule has 0 fully saturated rings. The van der Waals surface area contributed by atoms with Gasteiger partial charge in [0.25, 0.3) is 0 Å². The van der Waals surface area contributed by atoms with Gasteiger partial charge in [0, 0.05) is 24.4 Å². The monoisotopic (exact) mass is 397 g/mol. The predicted molar refractivity (Wildman–Crippen MR) is 111 cm³/mol. The first-order chi connectivity index (χ1) is 12.9. The minimum Gasteiger partial charge on any atom is -0.328 e. The molecule has 2 aromatic carbocycles. The average molecular weight is 398 g/mol. The number of aromatic amines is 1. The second-order valence-electron chi connectivity index (χ2n) is 6.64. The van der Waals surface area contributed by atoms with Gasteiger partial charge in [-0.05, 0) is 60.9 Å². The third-order valence-corrected chi connectivity index (χ3v) is 5.47. The highest BCUT2D eigenvalue weighted by Gasteiger charge is 2.15. The molecule has 0 spiro atoms. The summed E-state index contributed by atoms with van der Waals surface area (Å²) >= 11 is 12.2. The number of rotatable bonds is 3. The minimum absolute atomic E-state index is 0.141. The fourth-order valence-corrected chi connectivity index (χ4v) is 3.45. The van der Waals surface area contributed by atoms with Crippen LogP contribution in [0.15, 0.2) is 53.5 Å². The fraction of sp³-hybridized carbons (Fsp3) is 0.143. The van der Waals surface area contributed by atoms with Gasteiger partial charge in [0.15, 0.2) is 0 Å². The highest BCUT2D eigenvalue weighted by atomic mass is 35.5. The smallest absolute Gasteiger partial charge is 0.247 e. The van der Waals surface area contributed by atoms with Gasteiger partial charge in [-0.2, -0.15) is 0 Å². The van der Waals surface area contributed by atoms with E-state index in [4.69, 9.17) is 28.2 Å². The number of pyridine rings is 1. The second-order valence-corrected chi connectivity index (χ2v) is 7.45. The summed E-state index contributed by atoms with van der Waals surface area (Å²) in [5.74, 6) is 0.789. The quantitative estimate of drug-likeness (QED) is 0.505. The van der Waals surface area contributed by atoms with E-state index < -0.39 is 0 Å². The number of benzene rings is 2. The molecule has 0 atom stereocenters. The van der Waals surface area contributed by atoms with Crippen molar-refractivity contribution in [3.63, 3.8) is 0 Å². The standard InChI is InChI=1S/C21H17Cl2N3O/c1-12-7-18-19(8-13(12)2)26(11-14-3-5-16(22)17(23)9-14)21(25-18)15-4-6-20(27)24-10-15/h3-10H,11H2,1-2H3,(H,24,27). The summed E-state index contributed by atoms with van der Waals surface area (Å²) in [6.45, 7) is 4.75. The zero-order valence-electron chi connectivity index (χ0n) is 14.9. The highest BCUT2D eigenvalue weighted by Crippen LogP contribution is 2.29. The molecule has 6 heteroatoms. The van der Waals surface area contributed by atoms with Crippen LogP contribution in [0.25, 0.3) is 22.4 Å². The fourth-order valence-electron chi connectivity index (χ4n) is 3.13. The SMILES string of the molecule is Cc1cc2nc(-c3ccc(=O)[nH]c3)n(Cc3ccc(Cl)c(Cl)c3)c2cc1C. The molecule has 0 bridgehead atoms. The van der Waals surface area contributed by atoms with Crippen molar-refractivity contribution in [1.29, 1.82) is 0 Å². The van der Waals surface area contributed by atoms with Crippen molar-refractivity contribution in [2.45, 2.75) is 20.4 Å². The molecule has 4 nitrogen and oxygen atoms in total. The Morgan fingerprint density at radius 2 is 1.78 bits per heavy atom. The maximum absolute atomic E-state index is 11.4. The van der Waals surface area contributed by atoms with Crippen molar-refractivity contribution in [3.8, 4) is 11.4 Å². The van der Waals surface area contributed by atoms with E-state index in [9.17, 15) is 4.79 Å². The Morgan fingerprint density at radius 1 is 1.00 bits per heavy atom. The number of nitrogens with one attached hydrogen (secondary N) is 1. The molecule has 2 heterocycles. The van der Waals surface area contributed by atoms with Crippen molar-refractivity contribution in [3.05, 3.63) is 85.8 Å². The Hall–Kier alpha value is -2.56. The van der Waals surface area contributed by atoms with Crippen LogP contribution in [-0.2, 0) is 6.54 Å². The van der Waals surface area contributed by atoms with E-state index in [0.29, 0.717) is 16.6 Å². The molecule has 0 unspecified atom stereocenters. The molecule has 136 valence electrons. The lowest BCUT2D eigenvalue weighted by atomic mass is 10.1. The number of fused-ring (bicyclic) bond motifs is 1. The zero-order valence-corrected chi connectivity index (χ0v) is 16.4. The average Bonchev–Trinajstić information content (AvgIpc) is 2.97. The van der Waals surface area contributed by atoms with Crippen LogP contribution >= 0.6 is 23.2 Å².